The van der Waals surface area contributed by atoms with E-state index in [4.69, 9.17) is 4.74 Å². The molecule has 0 saturated heterocycles. The molecule has 0 aliphatic heterocycles. The number of amides is 2. The zero-order valence-electron chi connectivity index (χ0n) is 18.1. The zero-order chi connectivity index (χ0) is 23.8. The normalized spacial score (nSPS) is 10.8. The highest BCUT2D eigenvalue weighted by atomic mass is 32.1. The van der Waals surface area contributed by atoms with Gasteiger partial charge in [-0.3, -0.25) is 9.59 Å². The van der Waals surface area contributed by atoms with Gasteiger partial charge < -0.3 is 20.3 Å². The summed E-state index contributed by atoms with van der Waals surface area (Å²) in [6.07, 6.45) is 0.864. The predicted octanol–water partition coefficient (Wildman–Crippen LogP) is 3.33. The minimum atomic E-state index is -1.06. The lowest BCUT2D eigenvalue weighted by Gasteiger charge is -2.10. The summed E-state index contributed by atoms with van der Waals surface area (Å²) < 4.78 is 31.9. The van der Waals surface area contributed by atoms with Crippen molar-refractivity contribution in [2.24, 2.45) is 0 Å². The van der Waals surface area contributed by atoms with Crippen LogP contribution in [-0.2, 0) is 6.61 Å². The second-order valence-electron chi connectivity index (χ2n) is 7.31. The van der Waals surface area contributed by atoms with Crippen LogP contribution in [0, 0.1) is 11.6 Å². The SMILES string of the molecule is CN(C)CCCNC(=O)c1ccc(OCc2nnc(C(=O)Nc3ccc(F)c(F)c3)s2)cc1. The van der Waals surface area contributed by atoms with Crippen molar-refractivity contribution in [1.29, 1.82) is 0 Å². The van der Waals surface area contributed by atoms with Crippen molar-refractivity contribution in [1.82, 2.24) is 20.4 Å². The van der Waals surface area contributed by atoms with Gasteiger partial charge in [-0.1, -0.05) is 11.3 Å². The summed E-state index contributed by atoms with van der Waals surface area (Å²) in [6.45, 7) is 1.57. The monoisotopic (exact) mass is 475 g/mol. The number of halogens is 2. The molecular weight excluding hydrogens is 452 g/mol. The Kier molecular flexibility index (Phi) is 8.39. The quantitative estimate of drug-likeness (QED) is 0.437. The molecule has 0 atom stereocenters. The van der Waals surface area contributed by atoms with Crippen molar-refractivity contribution in [3.05, 3.63) is 69.7 Å². The van der Waals surface area contributed by atoms with Crippen LogP contribution in [0.3, 0.4) is 0 Å². The molecule has 0 aliphatic carbocycles. The van der Waals surface area contributed by atoms with Crippen LogP contribution in [0.25, 0.3) is 0 Å². The fourth-order valence-electron chi connectivity index (χ4n) is 2.71. The van der Waals surface area contributed by atoms with Gasteiger partial charge in [0.2, 0.25) is 5.01 Å². The number of nitrogens with one attached hydrogen (secondary N) is 2. The first kappa shape index (κ1) is 24.2. The van der Waals surface area contributed by atoms with E-state index in [1.54, 1.807) is 24.3 Å². The van der Waals surface area contributed by atoms with Gasteiger partial charge in [0.25, 0.3) is 11.8 Å². The van der Waals surface area contributed by atoms with Crippen molar-refractivity contribution >= 4 is 28.8 Å². The molecule has 174 valence electrons. The summed E-state index contributed by atoms with van der Waals surface area (Å²) in [5, 5.41) is 13.5. The van der Waals surface area contributed by atoms with Gasteiger partial charge in [0.1, 0.15) is 12.4 Å². The van der Waals surface area contributed by atoms with Gasteiger partial charge in [0, 0.05) is 23.9 Å². The Hall–Kier alpha value is -3.44. The van der Waals surface area contributed by atoms with Crippen molar-refractivity contribution in [3.8, 4) is 5.75 Å². The molecule has 0 saturated carbocycles. The van der Waals surface area contributed by atoms with Gasteiger partial charge >= 0.3 is 0 Å². The molecule has 0 fully saturated rings. The molecule has 3 rings (SSSR count). The van der Waals surface area contributed by atoms with Crippen LogP contribution >= 0.6 is 11.3 Å². The third-order valence-electron chi connectivity index (χ3n) is 4.39. The summed E-state index contributed by atoms with van der Waals surface area (Å²) in [4.78, 5) is 26.4. The van der Waals surface area contributed by atoms with Crippen LogP contribution in [0.2, 0.25) is 0 Å². The molecule has 2 aromatic carbocycles. The maximum atomic E-state index is 13.3. The van der Waals surface area contributed by atoms with Crippen molar-refractivity contribution in [2.45, 2.75) is 13.0 Å². The molecule has 0 bridgehead atoms. The number of anilines is 1. The van der Waals surface area contributed by atoms with E-state index < -0.39 is 17.5 Å². The van der Waals surface area contributed by atoms with Crippen LogP contribution < -0.4 is 15.4 Å². The molecule has 0 spiro atoms. The van der Waals surface area contributed by atoms with Crippen molar-refractivity contribution in [2.75, 3.05) is 32.5 Å². The molecule has 2 amide bonds. The Balaban J connectivity index is 1.48. The summed E-state index contributed by atoms with van der Waals surface area (Å²) in [5.41, 5.74) is 0.632. The molecule has 8 nitrogen and oxygen atoms in total. The van der Waals surface area contributed by atoms with Crippen molar-refractivity contribution in [3.63, 3.8) is 0 Å². The van der Waals surface area contributed by atoms with E-state index in [-0.39, 0.29) is 23.2 Å². The standard InChI is InChI=1S/C22H23F2N5O3S/c1-29(2)11-3-10-25-20(30)14-4-7-16(8-5-14)32-13-19-27-28-22(33-19)21(31)26-15-6-9-17(23)18(24)12-15/h4-9,12H,3,10-11,13H2,1-2H3,(H,25,30)(H,26,31). The van der Waals surface area contributed by atoms with Crippen molar-refractivity contribution < 1.29 is 23.1 Å². The highest BCUT2D eigenvalue weighted by Crippen LogP contribution is 2.18. The summed E-state index contributed by atoms with van der Waals surface area (Å²) >= 11 is 1.01. The number of carbonyl (C=O) groups is 2. The van der Waals surface area contributed by atoms with E-state index in [0.29, 0.717) is 22.9 Å². The summed E-state index contributed by atoms with van der Waals surface area (Å²) in [5.74, 6) is -2.28. The topological polar surface area (TPSA) is 96.5 Å². The molecular formula is C22H23F2N5O3S. The summed E-state index contributed by atoms with van der Waals surface area (Å²) in [7, 11) is 3.96. The lowest BCUT2D eigenvalue weighted by Crippen LogP contribution is -2.27. The fraction of sp³-hybridized carbons (Fsp3) is 0.273. The number of rotatable bonds is 10. The van der Waals surface area contributed by atoms with E-state index in [1.807, 2.05) is 14.1 Å². The lowest BCUT2D eigenvalue weighted by molar-refractivity contribution is 0.0951. The molecule has 1 heterocycles. The number of hydrogen-bond donors (Lipinski definition) is 2. The minimum Gasteiger partial charge on any atom is -0.486 e. The zero-order valence-corrected chi connectivity index (χ0v) is 18.9. The lowest BCUT2D eigenvalue weighted by atomic mass is 10.2. The summed E-state index contributed by atoms with van der Waals surface area (Å²) in [6, 6.07) is 9.72. The number of carbonyl (C=O) groups excluding carboxylic acids is 2. The molecule has 3 aromatic rings. The average Bonchev–Trinajstić information content (AvgIpc) is 3.27. The van der Waals surface area contributed by atoms with Gasteiger partial charge in [-0.25, -0.2) is 8.78 Å². The van der Waals surface area contributed by atoms with E-state index in [2.05, 4.69) is 25.7 Å². The smallest absolute Gasteiger partial charge is 0.286 e. The first-order chi connectivity index (χ1) is 15.8. The second-order valence-corrected chi connectivity index (χ2v) is 8.37. The van der Waals surface area contributed by atoms with Gasteiger partial charge in [-0.2, -0.15) is 0 Å². The second kappa shape index (κ2) is 11.4. The molecule has 33 heavy (non-hydrogen) atoms. The fourth-order valence-corrected chi connectivity index (χ4v) is 3.36. The number of ether oxygens (including phenoxy) is 1. The number of benzene rings is 2. The molecule has 0 aliphatic rings. The first-order valence-electron chi connectivity index (χ1n) is 10.1. The first-order valence-corrected chi connectivity index (χ1v) is 10.9. The van der Waals surface area contributed by atoms with Gasteiger partial charge in [0.15, 0.2) is 16.6 Å². The Labute approximate surface area is 193 Å². The predicted molar refractivity (Wildman–Crippen MR) is 120 cm³/mol. The maximum absolute atomic E-state index is 13.3. The van der Waals surface area contributed by atoms with Gasteiger partial charge in [0.05, 0.1) is 0 Å². The van der Waals surface area contributed by atoms with Crippen LogP contribution in [0.15, 0.2) is 42.5 Å². The van der Waals surface area contributed by atoms with Crippen LogP contribution in [0.1, 0.15) is 31.6 Å². The third kappa shape index (κ3) is 7.29. The molecule has 1 aromatic heterocycles. The van der Waals surface area contributed by atoms with E-state index in [0.717, 1.165) is 36.4 Å². The van der Waals surface area contributed by atoms with Crippen LogP contribution in [-0.4, -0.2) is 54.1 Å². The van der Waals surface area contributed by atoms with Gasteiger partial charge in [-0.15, -0.1) is 10.2 Å². The highest BCUT2D eigenvalue weighted by Gasteiger charge is 2.15. The molecule has 0 unspecified atom stereocenters. The molecule has 0 radical (unpaired) electrons. The number of aromatic nitrogens is 2. The Morgan fingerprint density at radius 2 is 1.79 bits per heavy atom. The Morgan fingerprint density at radius 1 is 1.03 bits per heavy atom. The van der Waals surface area contributed by atoms with Crippen LogP contribution in [0.4, 0.5) is 14.5 Å². The number of nitrogens with zero attached hydrogens (tertiary/aromatic N) is 3. The van der Waals surface area contributed by atoms with Crippen LogP contribution in [0.5, 0.6) is 5.75 Å². The largest absolute Gasteiger partial charge is 0.486 e. The van der Waals surface area contributed by atoms with Gasteiger partial charge in [-0.05, 0) is 63.5 Å². The van der Waals surface area contributed by atoms with E-state index in [1.165, 1.54) is 6.07 Å². The molecule has 2 N–H and O–H groups in total. The van der Waals surface area contributed by atoms with E-state index >= 15 is 0 Å². The molecule has 11 heteroatoms. The number of hydrogen-bond acceptors (Lipinski definition) is 7. The third-order valence-corrected chi connectivity index (χ3v) is 5.28. The van der Waals surface area contributed by atoms with E-state index in [9.17, 15) is 18.4 Å². The highest BCUT2D eigenvalue weighted by molar-refractivity contribution is 7.13. The average molecular weight is 476 g/mol. The minimum absolute atomic E-state index is 0.0552. The Bertz CT molecular complexity index is 1110. The maximum Gasteiger partial charge on any atom is 0.286 e. The Morgan fingerprint density at radius 3 is 2.48 bits per heavy atom.